The molecule has 1 rings (SSSR count). The van der Waals surface area contributed by atoms with E-state index in [-0.39, 0.29) is 6.54 Å². The lowest BCUT2D eigenvalue weighted by Crippen LogP contribution is -2.32. The highest BCUT2D eigenvalue weighted by molar-refractivity contribution is 5.74. The number of carboxylic acid groups (broad SMARTS) is 1. The average Bonchev–Trinajstić information content (AvgIpc) is 2.51. The Morgan fingerprint density at radius 3 is 2.88 bits per heavy atom. The highest BCUT2D eigenvalue weighted by atomic mass is 16.4. The zero-order valence-corrected chi connectivity index (χ0v) is 9.84. The van der Waals surface area contributed by atoms with Crippen molar-refractivity contribution in [1.82, 2.24) is 9.78 Å². The first kappa shape index (κ1) is 12.8. The van der Waals surface area contributed by atoms with Crippen molar-refractivity contribution >= 4 is 11.8 Å². The number of rotatable bonds is 5. The van der Waals surface area contributed by atoms with Gasteiger partial charge in [0.05, 0.1) is 5.69 Å². The van der Waals surface area contributed by atoms with E-state index in [4.69, 9.17) is 10.4 Å². The summed E-state index contributed by atoms with van der Waals surface area (Å²) in [4.78, 5) is 12.3. The fraction of sp³-hybridized carbons (Fsp3) is 0.364. The maximum atomic E-state index is 10.8. The molecule has 0 saturated carbocycles. The molecule has 1 aromatic rings. The van der Waals surface area contributed by atoms with E-state index in [1.807, 2.05) is 6.07 Å². The monoisotopic (exact) mass is 234 g/mol. The predicted molar refractivity (Wildman–Crippen MR) is 62.7 cm³/mol. The fourth-order valence-electron chi connectivity index (χ4n) is 1.68. The number of anilines is 1. The van der Waals surface area contributed by atoms with E-state index in [0.29, 0.717) is 23.6 Å². The highest BCUT2D eigenvalue weighted by Crippen LogP contribution is 2.21. The molecule has 1 N–H and O–H groups in total. The van der Waals surface area contributed by atoms with Crippen molar-refractivity contribution in [3.05, 3.63) is 23.9 Å². The Morgan fingerprint density at radius 2 is 2.41 bits per heavy atom. The van der Waals surface area contributed by atoms with Crippen LogP contribution in [0.15, 0.2) is 12.7 Å². The molecule has 90 valence electrons. The summed E-state index contributed by atoms with van der Waals surface area (Å²) in [5.74, 6) is -0.457. The van der Waals surface area contributed by atoms with Crippen LogP contribution >= 0.6 is 0 Å². The van der Waals surface area contributed by atoms with Gasteiger partial charge in [0.25, 0.3) is 0 Å². The summed E-state index contributed by atoms with van der Waals surface area (Å²) in [6.07, 6.45) is 1.59. The number of nitrogens with zero attached hydrogens (tertiary/aromatic N) is 4. The maximum Gasteiger partial charge on any atom is 0.323 e. The Bertz CT molecular complexity index is 484. The third-order valence-corrected chi connectivity index (χ3v) is 2.28. The van der Waals surface area contributed by atoms with Crippen LogP contribution < -0.4 is 4.90 Å². The Balaban J connectivity index is 3.22. The number of aryl methyl sites for hydroxylation is 2. The number of carboxylic acids is 1. The molecule has 0 radical (unpaired) electrons. The Morgan fingerprint density at radius 1 is 1.76 bits per heavy atom. The van der Waals surface area contributed by atoms with Gasteiger partial charge in [0, 0.05) is 13.6 Å². The Labute approximate surface area is 99.4 Å². The summed E-state index contributed by atoms with van der Waals surface area (Å²) < 4.78 is 1.51. The van der Waals surface area contributed by atoms with Crippen LogP contribution in [-0.2, 0) is 11.8 Å². The fourth-order valence-corrected chi connectivity index (χ4v) is 1.68. The molecule has 0 aromatic carbocycles. The van der Waals surface area contributed by atoms with E-state index in [1.54, 1.807) is 24.9 Å². The first-order chi connectivity index (χ1) is 8.01. The summed E-state index contributed by atoms with van der Waals surface area (Å²) in [6, 6.07) is 2.04. The van der Waals surface area contributed by atoms with Crippen molar-refractivity contribution in [1.29, 1.82) is 5.26 Å². The average molecular weight is 234 g/mol. The van der Waals surface area contributed by atoms with E-state index in [9.17, 15) is 4.79 Å². The van der Waals surface area contributed by atoms with Crippen LogP contribution in [-0.4, -0.2) is 33.9 Å². The zero-order valence-electron chi connectivity index (χ0n) is 9.84. The van der Waals surface area contributed by atoms with Crippen LogP contribution in [0, 0.1) is 18.3 Å². The number of hydrogen-bond donors (Lipinski definition) is 1. The SMILES string of the molecule is C=CCN(CC(=O)O)c1c(C#N)c(C)nn1C. The lowest BCUT2D eigenvalue weighted by atomic mass is 10.2. The van der Waals surface area contributed by atoms with Crippen LogP contribution in [0.25, 0.3) is 0 Å². The van der Waals surface area contributed by atoms with E-state index < -0.39 is 5.97 Å². The van der Waals surface area contributed by atoms with Gasteiger partial charge in [-0.05, 0) is 6.92 Å². The highest BCUT2D eigenvalue weighted by Gasteiger charge is 2.20. The first-order valence-electron chi connectivity index (χ1n) is 5.02. The van der Waals surface area contributed by atoms with Gasteiger partial charge in [0.15, 0.2) is 0 Å². The van der Waals surface area contributed by atoms with Gasteiger partial charge in [-0.1, -0.05) is 6.08 Å². The molecular weight excluding hydrogens is 220 g/mol. The number of nitriles is 1. The van der Waals surface area contributed by atoms with Gasteiger partial charge in [-0.2, -0.15) is 10.4 Å². The Kier molecular flexibility index (Phi) is 3.88. The lowest BCUT2D eigenvalue weighted by molar-refractivity contribution is -0.135. The molecule has 0 spiro atoms. The summed E-state index contributed by atoms with van der Waals surface area (Å²) in [6.45, 7) is 5.45. The van der Waals surface area contributed by atoms with Crippen molar-refractivity contribution in [2.75, 3.05) is 18.0 Å². The lowest BCUT2D eigenvalue weighted by Gasteiger charge is -2.21. The molecule has 0 aliphatic rings. The van der Waals surface area contributed by atoms with Gasteiger partial charge in [0.2, 0.25) is 0 Å². The molecular formula is C11H14N4O2. The topological polar surface area (TPSA) is 82.2 Å². The number of aromatic nitrogens is 2. The van der Waals surface area contributed by atoms with Gasteiger partial charge < -0.3 is 10.0 Å². The molecule has 0 atom stereocenters. The van der Waals surface area contributed by atoms with Gasteiger partial charge in [-0.25, -0.2) is 0 Å². The minimum absolute atomic E-state index is 0.195. The van der Waals surface area contributed by atoms with Gasteiger partial charge in [-0.15, -0.1) is 6.58 Å². The minimum Gasteiger partial charge on any atom is -0.480 e. The normalized spacial score (nSPS) is 9.71. The van der Waals surface area contributed by atoms with Crippen LogP contribution in [0.1, 0.15) is 11.3 Å². The second-order valence-corrected chi connectivity index (χ2v) is 3.58. The molecule has 0 bridgehead atoms. The van der Waals surface area contributed by atoms with E-state index in [2.05, 4.69) is 11.7 Å². The van der Waals surface area contributed by atoms with Crippen molar-refractivity contribution in [2.45, 2.75) is 6.92 Å². The van der Waals surface area contributed by atoms with Crippen LogP contribution in [0.3, 0.4) is 0 Å². The third kappa shape index (κ3) is 2.64. The summed E-state index contributed by atoms with van der Waals surface area (Å²) in [5, 5.41) is 22.0. The number of aliphatic carboxylic acids is 1. The molecule has 0 aliphatic heterocycles. The largest absolute Gasteiger partial charge is 0.480 e. The molecule has 0 fully saturated rings. The van der Waals surface area contributed by atoms with E-state index in [0.717, 1.165) is 0 Å². The van der Waals surface area contributed by atoms with Crippen molar-refractivity contribution in [3.63, 3.8) is 0 Å². The molecule has 6 nitrogen and oxygen atoms in total. The summed E-state index contributed by atoms with van der Waals surface area (Å²) in [5.41, 5.74) is 0.986. The molecule has 0 saturated heterocycles. The predicted octanol–water partition coefficient (Wildman–Crippen LogP) is 0.677. The molecule has 0 amide bonds. The maximum absolute atomic E-state index is 10.8. The molecule has 6 heteroatoms. The molecule has 1 heterocycles. The summed E-state index contributed by atoms with van der Waals surface area (Å²) in [7, 11) is 1.68. The van der Waals surface area contributed by atoms with Gasteiger partial charge >= 0.3 is 5.97 Å². The number of carbonyl (C=O) groups is 1. The molecule has 17 heavy (non-hydrogen) atoms. The van der Waals surface area contributed by atoms with Crippen LogP contribution in [0.5, 0.6) is 0 Å². The van der Waals surface area contributed by atoms with Crippen molar-refractivity contribution in [3.8, 4) is 6.07 Å². The Hall–Kier alpha value is -2.29. The van der Waals surface area contributed by atoms with Gasteiger partial charge in [-0.3, -0.25) is 9.48 Å². The van der Waals surface area contributed by atoms with Crippen molar-refractivity contribution in [2.24, 2.45) is 7.05 Å². The van der Waals surface area contributed by atoms with Crippen molar-refractivity contribution < 1.29 is 9.90 Å². The second-order valence-electron chi connectivity index (χ2n) is 3.58. The quantitative estimate of drug-likeness (QED) is 0.757. The van der Waals surface area contributed by atoms with Crippen LogP contribution in [0.4, 0.5) is 5.82 Å². The molecule has 0 aliphatic carbocycles. The van der Waals surface area contributed by atoms with E-state index >= 15 is 0 Å². The first-order valence-corrected chi connectivity index (χ1v) is 5.02. The minimum atomic E-state index is -0.963. The van der Waals surface area contributed by atoms with Crippen LogP contribution in [0.2, 0.25) is 0 Å². The molecule has 0 unspecified atom stereocenters. The number of hydrogen-bond acceptors (Lipinski definition) is 4. The van der Waals surface area contributed by atoms with Gasteiger partial charge in [0.1, 0.15) is 24.0 Å². The smallest absolute Gasteiger partial charge is 0.323 e. The summed E-state index contributed by atoms with van der Waals surface area (Å²) >= 11 is 0. The second kappa shape index (κ2) is 5.16. The van der Waals surface area contributed by atoms with E-state index in [1.165, 1.54) is 4.68 Å². The molecule has 1 aromatic heterocycles. The third-order valence-electron chi connectivity index (χ3n) is 2.28. The standard InChI is InChI=1S/C11H14N4O2/c1-4-5-15(7-10(16)17)11-9(6-12)8(2)13-14(11)3/h4H,1,5,7H2,2-3H3,(H,16,17). The zero-order chi connectivity index (χ0) is 13.0.